The Hall–Kier alpha value is -1.39. The van der Waals surface area contributed by atoms with Gasteiger partial charge in [-0.2, -0.15) is 0 Å². The first-order valence-electron chi connectivity index (χ1n) is 4.87. The quantitative estimate of drug-likeness (QED) is 0.506. The predicted molar refractivity (Wildman–Crippen MR) is 57.3 cm³/mol. The summed E-state index contributed by atoms with van der Waals surface area (Å²) in [4.78, 5) is 10.6. The van der Waals surface area contributed by atoms with Gasteiger partial charge in [0, 0.05) is 13.1 Å². The Kier molecular flexibility index (Phi) is 5.43. The summed E-state index contributed by atoms with van der Waals surface area (Å²) in [5.74, 6) is 0.596. The molecule has 0 amide bonds. The molecule has 4 heteroatoms. The van der Waals surface area contributed by atoms with Crippen LogP contribution in [-0.2, 0) is 0 Å². The van der Waals surface area contributed by atoms with Crippen molar-refractivity contribution in [3.63, 3.8) is 0 Å². The number of para-hydroxylation sites is 1. The van der Waals surface area contributed by atoms with Crippen molar-refractivity contribution < 1.29 is 14.6 Å². The van der Waals surface area contributed by atoms with Crippen LogP contribution in [0.25, 0.3) is 0 Å². The van der Waals surface area contributed by atoms with Crippen molar-refractivity contribution in [2.24, 2.45) is 0 Å². The Morgan fingerprint density at radius 1 is 1.33 bits per heavy atom. The fourth-order valence-corrected chi connectivity index (χ4v) is 1.15. The first-order chi connectivity index (χ1) is 7.38. The highest BCUT2D eigenvalue weighted by Crippen LogP contribution is 2.14. The van der Waals surface area contributed by atoms with Gasteiger partial charge in [-0.15, -0.1) is 0 Å². The molecule has 0 unspecified atom stereocenters. The van der Waals surface area contributed by atoms with E-state index in [4.69, 9.17) is 9.84 Å². The van der Waals surface area contributed by atoms with Gasteiger partial charge in [-0.05, 0) is 12.1 Å². The van der Waals surface area contributed by atoms with Gasteiger partial charge in [0.05, 0.1) is 12.2 Å². The van der Waals surface area contributed by atoms with E-state index in [-0.39, 0.29) is 6.61 Å². The largest absolute Gasteiger partial charge is 0.492 e. The predicted octanol–water partition coefficient (Wildman–Crippen LogP) is 0.460. The summed E-state index contributed by atoms with van der Waals surface area (Å²) >= 11 is 0. The normalized spacial score (nSPS) is 9.93. The summed E-state index contributed by atoms with van der Waals surface area (Å²) in [6, 6.07) is 7.09. The molecule has 0 aromatic heterocycles. The standard InChI is InChI=1S/C11H15NO3/c13-7-5-12-6-8-15-11-4-2-1-3-10(11)9-14/h1-4,9,12-13H,5-8H2. The number of ether oxygens (including phenoxy) is 1. The summed E-state index contributed by atoms with van der Waals surface area (Å²) in [7, 11) is 0. The van der Waals surface area contributed by atoms with Crippen molar-refractivity contribution in [1.82, 2.24) is 5.32 Å². The van der Waals surface area contributed by atoms with E-state index >= 15 is 0 Å². The number of carbonyl (C=O) groups excluding carboxylic acids is 1. The molecule has 0 radical (unpaired) electrons. The van der Waals surface area contributed by atoms with Crippen molar-refractivity contribution >= 4 is 6.29 Å². The maximum Gasteiger partial charge on any atom is 0.153 e. The summed E-state index contributed by atoms with van der Waals surface area (Å²) < 4.78 is 5.40. The molecule has 0 atom stereocenters. The molecule has 0 aliphatic carbocycles. The summed E-state index contributed by atoms with van der Waals surface area (Å²) in [6.45, 7) is 1.79. The molecule has 0 bridgehead atoms. The van der Waals surface area contributed by atoms with Gasteiger partial charge in [-0.3, -0.25) is 4.79 Å². The molecular weight excluding hydrogens is 194 g/mol. The number of rotatable bonds is 7. The first-order valence-corrected chi connectivity index (χ1v) is 4.87. The molecule has 1 aromatic rings. The lowest BCUT2D eigenvalue weighted by Crippen LogP contribution is -2.24. The summed E-state index contributed by atoms with van der Waals surface area (Å²) in [6.07, 6.45) is 0.774. The SMILES string of the molecule is O=Cc1ccccc1OCCNCCO. The molecule has 1 aromatic carbocycles. The van der Waals surface area contributed by atoms with E-state index < -0.39 is 0 Å². The highest BCUT2D eigenvalue weighted by Gasteiger charge is 1.99. The molecule has 0 saturated heterocycles. The molecule has 2 N–H and O–H groups in total. The van der Waals surface area contributed by atoms with Crippen molar-refractivity contribution in [2.45, 2.75) is 0 Å². The minimum Gasteiger partial charge on any atom is -0.492 e. The topological polar surface area (TPSA) is 58.6 Å². The van der Waals surface area contributed by atoms with E-state index in [1.165, 1.54) is 0 Å². The fraction of sp³-hybridized carbons (Fsp3) is 0.364. The molecule has 0 spiro atoms. The molecule has 0 fully saturated rings. The minimum atomic E-state index is 0.116. The van der Waals surface area contributed by atoms with Crippen molar-refractivity contribution in [1.29, 1.82) is 0 Å². The van der Waals surface area contributed by atoms with E-state index in [1.807, 2.05) is 6.07 Å². The average Bonchev–Trinajstić information content (AvgIpc) is 2.29. The summed E-state index contributed by atoms with van der Waals surface area (Å²) in [5, 5.41) is 11.5. The van der Waals surface area contributed by atoms with Crippen molar-refractivity contribution in [3.05, 3.63) is 29.8 Å². The summed E-state index contributed by atoms with van der Waals surface area (Å²) in [5.41, 5.74) is 0.555. The van der Waals surface area contributed by atoms with Crippen LogP contribution in [-0.4, -0.2) is 37.7 Å². The van der Waals surface area contributed by atoms with Crippen LogP contribution < -0.4 is 10.1 Å². The third-order valence-electron chi connectivity index (χ3n) is 1.87. The van der Waals surface area contributed by atoms with Crippen LogP contribution >= 0.6 is 0 Å². The van der Waals surface area contributed by atoms with E-state index in [9.17, 15) is 4.79 Å². The zero-order chi connectivity index (χ0) is 10.9. The average molecular weight is 209 g/mol. The van der Waals surface area contributed by atoms with Gasteiger partial charge in [0.1, 0.15) is 12.4 Å². The van der Waals surface area contributed by atoms with Crippen LogP contribution in [0.3, 0.4) is 0 Å². The van der Waals surface area contributed by atoms with Crippen LogP contribution in [0.4, 0.5) is 0 Å². The van der Waals surface area contributed by atoms with Crippen LogP contribution in [0.5, 0.6) is 5.75 Å². The molecule has 4 nitrogen and oxygen atoms in total. The molecule has 82 valence electrons. The van der Waals surface area contributed by atoms with Gasteiger partial charge in [-0.25, -0.2) is 0 Å². The monoisotopic (exact) mass is 209 g/mol. The Balaban J connectivity index is 2.33. The lowest BCUT2D eigenvalue weighted by atomic mass is 10.2. The molecular formula is C11H15NO3. The van der Waals surface area contributed by atoms with Crippen LogP contribution in [0, 0.1) is 0 Å². The van der Waals surface area contributed by atoms with Gasteiger partial charge in [0.15, 0.2) is 6.29 Å². The van der Waals surface area contributed by atoms with Crippen LogP contribution in [0.2, 0.25) is 0 Å². The van der Waals surface area contributed by atoms with Crippen LogP contribution in [0.15, 0.2) is 24.3 Å². The number of nitrogens with one attached hydrogen (secondary N) is 1. The Morgan fingerprint density at radius 3 is 2.87 bits per heavy atom. The highest BCUT2D eigenvalue weighted by atomic mass is 16.5. The lowest BCUT2D eigenvalue weighted by molar-refractivity contribution is 0.111. The maximum absolute atomic E-state index is 10.6. The fourth-order valence-electron chi connectivity index (χ4n) is 1.15. The molecule has 1 rings (SSSR count). The number of hydrogen-bond donors (Lipinski definition) is 2. The third-order valence-corrected chi connectivity index (χ3v) is 1.87. The van der Waals surface area contributed by atoms with Gasteiger partial charge in [-0.1, -0.05) is 12.1 Å². The number of benzene rings is 1. The van der Waals surface area contributed by atoms with E-state index in [0.29, 0.717) is 31.0 Å². The maximum atomic E-state index is 10.6. The minimum absolute atomic E-state index is 0.116. The second-order valence-electron chi connectivity index (χ2n) is 2.98. The smallest absolute Gasteiger partial charge is 0.153 e. The first kappa shape index (κ1) is 11.7. The number of hydrogen-bond acceptors (Lipinski definition) is 4. The van der Waals surface area contributed by atoms with Gasteiger partial charge in [0.2, 0.25) is 0 Å². The Bertz CT molecular complexity index is 302. The number of aldehydes is 1. The van der Waals surface area contributed by atoms with Gasteiger partial charge in [0.25, 0.3) is 0 Å². The molecule has 0 aliphatic heterocycles. The zero-order valence-corrected chi connectivity index (χ0v) is 8.48. The molecule has 0 saturated carbocycles. The van der Waals surface area contributed by atoms with Gasteiger partial charge >= 0.3 is 0 Å². The number of carbonyl (C=O) groups is 1. The Labute approximate surface area is 88.9 Å². The molecule has 15 heavy (non-hydrogen) atoms. The second-order valence-corrected chi connectivity index (χ2v) is 2.98. The highest BCUT2D eigenvalue weighted by molar-refractivity contribution is 5.79. The number of aliphatic hydroxyl groups is 1. The lowest BCUT2D eigenvalue weighted by Gasteiger charge is -2.08. The van der Waals surface area contributed by atoms with Crippen LogP contribution in [0.1, 0.15) is 10.4 Å². The van der Waals surface area contributed by atoms with E-state index in [1.54, 1.807) is 18.2 Å². The third kappa shape index (κ3) is 4.10. The van der Waals surface area contributed by atoms with Crippen molar-refractivity contribution in [2.75, 3.05) is 26.3 Å². The van der Waals surface area contributed by atoms with Gasteiger partial charge < -0.3 is 15.2 Å². The van der Waals surface area contributed by atoms with Crippen molar-refractivity contribution in [3.8, 4) is 5.75 Å². The molecule has 0 aliphatic rings. The second kappa shape index (κ2) is 6.98. The molecule has 0 heterocycles. The number of aliphatic hydroxyl groups excluding tert-OH is 1. The Morgan fingerprint density at radius 2 is 2.13 bits per heavy atom. The zero-order valence-electron chi connectivity index (χ0n) is 8.48. The van der Waals surface area contributed by atoms with E-state index in [0.717, 1.165) is 6.29 Å². The van der Waals surface area contributed by atoms with E-state index in [2.05, 4.69) is 5.32 Å².